The molecule has 0 N–H and O–H groups in total. The van der Waals surface area contributed by atoms with Gasteiger partial charge in [0.2, 0.25) is 10.0 Å². The molecule has 0 radical (unpaired) electrons. The summed E-state index contributed by atoms with van der Waals surface area (Å²) < 4.78 is 38.3. The Morgan fingerprint density at radius 2 is 1.67 bits per heavy atom. The Balaban J connectivity index is 1.53. The van der Waals surface area contributed by atoms with Crippen LogP contribution in [-0.4, -0.2) is 83.1 Å². The zero-order valence-electron chi connectivity index (χ0n) is 19.4. The molecule has 2 aliphatic heterocycles. The molecule has 9 heteroatoms. The minimum Gasteiger partial charge on any atom is -0.496 e. The molecule has 2 aliphatic rings. The maximum Gasteiger partial charge on any atom is 0.257 e. The first kappa shape index (κ1) is 23.5. The molecule has 0 aliphatic carbocycles. The van der Waals surface area contributed by atoms with Crippen molar-refractivity contribution < 1.29 is 22.7 Å². The van der Waals surface area contributed by atoms with Crippen LogP contribution in [0.15, 0.2) is 41.3 Å². The number of rotatable bonds is 5. The zero-order valence-corrected chi connectivity index (χ0v) is 20.2. The van der Waals surface area contributed by atoms with Gasteiger partial charge in [0.15, 0.2) is 0 Å². The SMILES string of the molecule is COc1ccc(S(=O)(=O)N2CCOCC2)cc1C(=O)N1CCN(c2cccc(C)c2C)CC1. The fourth-order valence-corrected chi connectivity index (χ4v) is 5.78. The molecule has 0 aromatic heterocycles. The molecule has 1 amide bonds. The number of hydrogen-bond donors (Lipinski definition) is 0. The van der Waals surface area contributed by atoms with Gasteiger partial charge in [-0.05, 0) is 49.2 Å². The molecule has 0 saturated carbocycles. The maximum absolute atomic E-state index is 13.4. The van der Waals surface area contributed by atoms with Crippen LogP contribution in [0, 0.1) is 13.8 Å². The number of aryl methyl sites for hydroxylation is 1. The van der Waals surface area contributed by atoms with Crippen molar-refractivity contribution in [1.29, 1.82) is 0 Å². The zero-order chi connectivity index (χ0) is 23.6. The number of amides is 1. The molecular weight excluding hydrogens is 442 g/mol. The van der Waals surface area contributed by atoms with Gasteiger partial charge in [0, 0.05) is 45.0 Å². The molecule has 33 heavy (non-hydrogen) atoms. The van der Waals surface area contributed by atoms with Crippen molar-refractivity contribution >= 4 is 21.6 Å². The summed E-state index contributed by atoms with van der Waals surface area (Å²) in [6.07, 6.45) is 0. The van der Waals surface area contributed by atoms with Gasteiger partial charge in [0.1, 0.15) is 5.75 Å². The van der Waals surface area contributed by atoms with Crippen molar-refractivity contribution in [2.45, 2.75) is 18.7 Å². The number of carbonyl (C=O) groups excluding carboxylic acids is 1. The van der Waals surface area contributed by atoms with E-state index in [0.29, 0.717) is 58.2 Å². The fraction of sp³-hybridized carbons (Fsp3) is 0.458. The summed E-state index contributed by atoms with van der Waals surface area (Å²) in [5.74, 6) is 0.157. The molecule has 2 aromatic carbocycles. The van der Waals surface area contributed by atoms with Gasteiger partial charge in [-0.15, -0.1) is 0 Å². The van der Waals surface area contributed by atoms with Crippen LogP contribution in [0.1, 0.15) is 21.5 Å². The smallest absolute Gasteiger partial charge is 0.257 e. The Labute approximate surface area is 195 Å². The van der Waals surface area contributed by atoms with Crippen molar-refractivity contribution in [2.75, 3.05) is 64.5 Å². The average molecular weight is 474 g/mol. The Hall–Kier alpha value is -2.62. The third-order valence-corrected chi connectivity index (χ3v) is 8.39. The molecule has 0 atom stereocenters. The second-order valence-corrected chi connectivity index (χ2v) is 10.3. The summed E-state index contributed by atoms with van der Waals surface area (Å²) in [6, 6.07) is 10.8. The molecule has 0 spiro atoms. The minimum absolute atomic E-state index is 0.0996. The average Bonchev–Trinajstić information content (AvgIpc) is 2.85. The number of methoxy groups -OCH3 is 1. The van der Waals surface area contributed by atoms with Crippen molar-refractivity contribution in [3.05, 3.63) is 53.1 Å². The van der Waals surface area contributed by atoms with Crippen LogP contribution in [-0.2, 0) is 14.8 Å². The van der Waals surface area contributed by atoms with Crippen molar-refractivity contribution in [2.24, 2.45) is 0 Å². The van der Waals surface area contributed by atoms with Crippen molar-refractivity contribution in [1.82, 2.24) is 9.21 Å². The number of ether oxygens (including phenoxy) is 2. The lowest BCUT2D eigenvalue weighted by atomic mass is 10.1. The molecule has 2 saturated heterocycles. The molecule has 2 fully saturated rings. The lowest BCUT2D eigenvalue weighted by Gasteiger charge is -2.37. The van der Waals surface area contributed by atoms with Crippen LogP contribution >= 0.6 is 0 Å². The van der Waals surface area contributed by atoms with Crippen molar-refractivity contribution in [3.63, 3.8) is 0 Å². The second kappa shape index (κ2) is 9.70. The predicted molar refractivity (Wildman–Crippen MR) is 127 cm³/mol. The quantitative estimate of drug-likeness (QED) is 0.663. The first-order chi connectivity index (χ1) is 15.8. The number of morpholine rings is 1. The normalized spacial score (nSPS) is 17.8. The number of carbonyl (C=O) groups is 1. The lowest BCUT2D eigenvalue weighted by molar-refractivity contribution is 0.0728. The highest BCUT2D eigenvalue weighted by Crippen LogP contribution is 2.28. The monoisotopic (exact) mass is 473 g/mol. The van der Waals surface area contributed by atoms with E-state index in [1.54, 1.807) is 11.0 Å². The first-order valence-corrected chi connectivity index (χ1v) is 12.6. The van der Waals surface area contributed by atoms with E-state index < -0.39 is 10.0 Å². The maximum atomic E-state index is 13.4. The fourth-order valence-electron chi connectivity index (χ4n) is 4.35. The second-order valence-electron chi connectivity index (χ2n) is 8.38. The minimum atomic E-state index is -3.71. The molecule has 4 rings (SSSR count). The molecule has 0 unspecified atom stereocenters. The molecule has 2 heterocycles. The highest BCUT2D eigenvalue weighted by atomic mass is 32.2. The Morgan fingerprint density at radius 1 is 0.970 bits per heavy atom. The van der Waals surface area contributed by atoms with Gasteiger partial charge in [-0.25, -0.2) is 8.42 Å². The summed E-state index contributed by atoms with van der Waals surface area (Å²) in [5, 5.41) is 0. The van der Waals surface area contributed by atoms with Crippen LogP contribution in [0.25, 0.3) is 0 Å². The van der Waals surface area contributed by atoms with E-state index in [2.05, 4.69) is 36.9 Å². The van der Waals surface area contributed by atoms with Gasteiger partial charge in [-0.3, -0.25) is 4.79 Å². The summed E-state index contributed by atoms with van der Waals surface area (Å²) in [4.78, 5) is 17.6. The number of hydrogen-bond acceptors (Lipinski definition) is 6. The topological polar surface area (TPSA) is 79.4 Å². The summed E-state index contributed by atoms with van der Waals surface area (Å²) in [7, 11) is -2.22. The highest BCUT2D eigenvalue weighted by molar-refractivity contribution is 7.89. The number of anilines is 1. The summed E-state index contributed by atoms with van der Waals surface area (Å²) >= 11 is 0. The Kier molecular flexibility index (Phi) is 6.92. The Bertz CT molecular complexity index is 1120. The van der Waals surface area contributed by atoms with Crippen LogP contribution in [0.3, 0.4) is 0 Å². The van der Waals surface area contributed by atoms with Gasteiger partial charge >= 0.3 is 0 Å². The predicted octanol–water partition coefficient (Wildman–Crippen LogP) is 2.30. The molecule has 2 aromatic rings. The third-order valence-electron chi connectivity index (χ3n) is 6.49. The van der Waals surface area contributed by atoms with E-state index in [4.69, 9.17) is 9.47 Å². The molecule has 178 valence electrons. The summed E-state index contributed by atoms with van der Waals surface area (Å²) in [5.41, 5.74) is 3.96. The molecular formula is C24H31N3O5S. The standard InChI is InChI=1S/C24H31N3O5S/c1-18-5-4-6-22(19(18)2)25-9-11-26(12-10-25)24(28)21-17-20(7-8-23(21)31-3)33(29,30)27-13-15-32-16-14-27/h4-8,17H,9-16H2,1-3H3. The number of sulfonamides is 1. The van der Waals surface area contributed by atoms with Gasteiger partial charge in [0.25, 0.3) is 5.91 Å². The number of nitrogens with zero attached hydrogens (tertiary/aromatic N) is 3. The first-order valence-electron chi connectivity index (χ1n) is 11.2. The van der Waals surface area contributed by atoms with Gasteiger partial charge < -0.3 is 19.3 Å². The largest absolute Gasteiger partial charge is 0.496 e. The van der Waals surface area contributed by atoms with E-state index in [0.717, 1.165) is 0 Å². The van der Waals surface area contributed by atoms with Gasteiger partial charge in [-0.2, -0.15) is 4.31 Å². The lowest BCUT2D eigenvalue weighted by Crippen LogP contribution is -2.49. The number of benzene rings is 2. The molecule has 0 bridgehead atoms. The number of piperazine rings is 1. The van der Waals surface area contributed by atoms with E-state index in [1.807, 2.05) is 0 Å². The van der Waals surface area contributed by atoms with E-state index in [1.165, 1.54) is 40.4 Å². The van der Waals surface area contributed by atoms with Crippen LogP contribution in [0.4, 0.5) is 5.69 Å². The van der Waals surface area contributed by atoms with Gasteiger partial charge in [0.05, 0.1) is 30.8 Å². The van der Waals surface area contributed by atoms with E-state index in [9.17, 15) is 13.2 Å². The van der Waals surface area contributed by atoms with E-state index >= 15 is 0 Å². The highest BCUT2D eigenvalue weighted by Gasteiger charge is 2.30. The van der Waals surface area contributed by atoms with Crippen LogP contribution in [0.5, 0.6) is 5.75 Å². The summed E-state index contributed by atoms with van der Waals surface area (Å²) in [6.45, 7) is 8.09. The van der Waals surface area contributed by atoms with Crippen molar-refractivity contribution in [3.8, 4) is 5.75 Å². The van der Waals surface area contributed by atoms with Gasteiger partial charge in [-0.1, -0.05) is 12.1 Å². The van der Waals surface area contributed by atoms with E-state index in [-0.39, 0.29) is 16.4 Å². The van der Waals surface area contributed by atoms with Crippen LogP contribution in [0.2, 0.25) is 0 Å². The molecule has 8 nitrogen and oxygen atoms in total. The Morgan fingerprint density at radius 3 is 2.33 bits per heavy atom. The van der Waals surface area contributed by atoms with Crippen LogP contribution < -0.4 is 9.64 Å². The third kappa shape index (κ3) is 4.71.